The van der Waals surface area contributed by atoms with E-state index in [9.17, 15) is 46.5 Å². The Morgan fingerprint density at radius 2 is 1.72 bits per heavy atom. The molecule has 5 atom stereocenters. The third kappa shape index (κ3) is 7.41. The number of rotatable bonds is 8. The van der Waals surface area contributed by atoms with Crippen LogP contribution in [0.1, 0.15) is 18.2 Å². The summed E-state index contributed by atoms with van der Waals surface area (Å²) in [5.74, 6) is 0. The third-order valence-electron chi connectivity index (χ3n) is 3.61. The van der Waals surface area contributed by atoms with Crippen LogP contribution in [0.3, 0.4) is 0 Å². The number of phosphoric acid groups is 3. The lowest BCUT2D eigenvalue weighted by atomic mass is 10.2. The van der Waals surface area contributed by atoms with Gasteiger partial charge in [0, 0.05) is 12.6 Å². The van der Waals surface area contributed by atoms with Crippen molar-refractivity contribution in [2.45, 2.75) is 31.0 Å². The summed E-state index contributed by atoms with van der Waals surface area (Å²) >= 11 is 0. The number of hydrogen-bond acceptors (Lipinski definition) is 10. The molecule has 6 N–H and O–H groups in total. The molecule has 2 heterocycles. The molecule has 184 valence electrons. The highest BCUT2D eigenvalue weighted by Gasteiger charge is 2.43. The number of hydrogen-bond donors (Lipinski definition) is 6. The van der Waals surface area contributed by atoms with E-state index in [2.05, 4.69) is 13.1 Å². The monoisotopic (exact) mass is 536 g/mol. The number of aliphatic hydroxyl groups excluding tert-OH is 1. The number of aromatic nitrogens is 2. The zero-order valence-electron chi connectivity index (χ0n) is 15.1. The molecular formula is C10H14F3N2O14P3. The molecule has 1 fully saturated rings. The van der Waals surface area contributed by atoms with Crippen molar-refractivity contribution in [3.63, 3.8) is 0 Å². The molecule has 0 radical (unpaired) electrons. The van der Waals surface area contributed by atoms with Gasteiger partial charge in [0.1, 0.15) is 17.9 Å². The van der Waals surface area contributed by atoms with Crippen LogP contribution in [0.5, 0.6) is 0 Å². The number of nitrogens with zero attached hydrogens (tertiary/aromatic N) is 1. The van der Waals surface area contributed by atoms with Crippen molar-refractivity contribution in [1.82, 2.24) is 9.55 Å². The molecule has 1 saturated heterocycles. The Morgan fingerprint density at radius 1 is 1.12 bits per heavy atom. The number of aromatic amines is 1. The molecule has 1 aliphatic rings. The van der Waals surface area contributed by atoms with Crippen molar-refractivity contribution in [3.05, 3.63) is 32.6 Å². The molecule has 0 aliphatic carbocycles. The zero-order valence-corrected chi connectivity index (χ0v) is 17.7. The van der Waals surface area contributed by atoms with Crippen molar-refractivity contribution in [2.24, 2.45) is 0 Å². The summed E-state index contributed by atoms with van der Waals surface area (Å²) in [6.07, 6.45) is -10.3. The largest absolute Gasteiger partial charge is 0.490 e. The van der Waals surface area contributed by atoms with Crippen LogP contribution in [-0.2, 0) is 37.8 Å². The molecule has 2 rings (SSSR count). The smallest absolute Gasteiger partial charge is 0.390 e. The maximum atomic E-state index is 12.9. The average Bonchev–Trinajstić information content (AvgIpc) is 2.89. The number of alkyl halides is 3. The van der Waals surface area contributed by atoms with Gasteiger partial charge in [-0.15, -0.1) is 0 Å². The first-order valence-electron chi connectivity index (χ1n) is 7.84. The van der Waals surface area contributed by atoms with Gasteiger partial charge in [0.05, 0.1) is 12.7 Å². The summed E-state index contributed by atoms with van der Waals surface area (Å²) in [5.41, 5.74) is -4.79. The average molecular weight is 536 g/mol. The van der Waals surface area contributed by atoms with Crippen LogP contribution < -0.4 is 11.2 Å². The predicted molar refractivity (Wildman–Crippen MR) is 90.7 cm³/mol. The fraction of sp³-hybridized carbons (Fsp3) is 0.600. The van der Waals surface area contributed by atoms with Crippen LogP contribution in [0.25, 0.3) is 0 Å². The van der Waals surface area contributed by atoms with Crippen molar-refractivity contribution in [1.29, 1.82) is 0 Å². The first-order chi connectivity index (χ1) is 14.3. The summed E-state index contributed by atoms with van der Waals surface area (Å²) in [5, 5.41) is 9.92. The first kappa shape index (κ1) is 27.0. The molecule has 22 heteroatoms. The maximum absolute atomic E-state index is 12.9. The van der Waals surface area contributed by atoms with Gasteiger partial charge < -0.3 is 29.4 Å². The zero-order chi connectivity index (χ0) is 24.7. The van der Waals surface area contributed by atoms with Gasteiger partial charge in [-0.05, 0) is 0 Å². The Balaban J connectivity index is 2.11. The van der Waals surface area contributed by atoms with Crippen molar-refractivity contribution in [2.75, 3.05) is 6.61 Å². The van der Waals surface area contributed by atoms with Crippen LogP contribution in [0, 0.1) is 0 Å². The quantitative estimate of drug-likeness (QED) is 0.231. The SMILES string of the molecule is O=c1[nH]c(=O)n(C2CC(O)C(COP(=O)(O)OP(=O)(O)OP(=O)(O)O)O2)cc1C(F)(F)F. The van der Waals surface area contributed by atoms with Crippen molar-refractivity contribution >= 4 is 23.5 Å². The summed E-state index contributed by atoms with van der Waals surface area (Å²) in [7, 11) is -17.0. The lowest BCUT2D eigenvalue weighted by molar-refractivity contribution is -0.139. The maximum Gasteiger partial charge on any atom is 0.490 e. The third-order valence-corrected chi connectivity index (χ3v) is 7.41. The fourth-order valence-corrected chi connectivity index (χ4v) is 5.44. The standard InChI is InChI=1S/C10H14F3N2O14P3/c11-10(12,13)4-2-15(9(18)14-8(4)17)7-1-5(16)6(27-7)3-26-31(22,23)29-32(24,25)28-30(19,20)21/h2,5-7,16H,1,3H2,(H,22,23)(H,24,25)(H,14,17,18)(H2,19,20,21). The molecule has 1 aromatic heterocycles. The van der Waals surface area contributed by atoms with Crippen molar-refractivity contribution in [3.8, 4) is 0 Å². The van der Waals surface area contributed by atoms with E-state index in [1.54, 1.807) is 0 Å². The van der Waals surface area contributed by atoms with Crippen LogP contribution in [0.2, 0.25) is 0 Å². The first-order valence-corrected chi connectivity index (χ1v) is 12.4. The van der Waals surface area contributed by atoms with Gasteiger partial charge in [-0.25, -0.2) is 18.5 Å². The lowest BCUT2D eigenvalue weighted by Gasteiger charge is -2.19. The number of phosphoric ester groups is 1. The summed E-state index contributed by atoms with van der Waals surface area (Å²) in [4.78, 5) is 59.8. The summed E-state index contributed by atoms with van der Waals surface area (Å²) in [6, 6.07) is 0. The van der Waals surface area contributed by atoms with E-state index >= 15 is 0 Å². The minimum absolute atomic E-state index is 0.142. The fourth-order valence-electron chi connectivity index (χ4n) is 2.41. The second-order valence-corrected chi connectivity index (χ2v) is 10.4. The summed E-state index contributed by atoms with van der Waals surface area (Å²) in [6.45, 7) is -1.11. The molecule has 16 nitrogen and oxygen atoms in total. The van der Waals surface area contributed by atoms with E-state index in [1.165, 1.54) is 4.98 Å². The van der Waals surface area contributed by atoms with Crippen LogP contribution in [-0.4, -0.2) is 53.0 Å². The van der Waals surface area contributed by atoms with E-state index in [4.69, 9.17) is 19.4 Å². The van der Waals surface area contributed by atoms with Crippen molar-refractivity contribution < 1.29 is 69.4 Å². The van der Waals surface area contributed by atoms with E-state index in [1.807, 2.05) is 0 Å². The predicted octanol–water partition coefficient (Wildman–Crippen LogP) is -0.453. The van der Waals surface area contributed by atoms with Gasteiger partial charge in [0.2, 0.25) is 0 Å². The van der Waals surface area contributed by atoms with Gasteiger partial charge in [0.15, 0.2) is 0 Å². The Hall–Kier alpha value is -1.20. The molecule has 0 amide bonds. The minimum Gasteiger partial charge on any atom is -0.390 e. The Morgan fingerprint density at radius 3 is 2.25 bits per heavy atom. The highest BCUT2D eigenvalue weighted by atomic mass is 31.3. The van der Waals surface area contributed by atoms with Crippen LogP contribution >= 0.6 is 23.5 Å². The molecule has 5 unspecified atom stereocenters. The molecule has 0 bridgehead atoms. The normalized spacial score (nSPS) is 25.9. The topological polar surface area (TPSA) is 244 Å². The highest BCUT2D eigenvalue weighted by molar-refractivity contribution is 7.66. The highest BCUT2D eigenvalue weighted by Crippen LogP contribution is 2.66. The van der Waals surface area contributed by atoms with E-state index in [0.717, 1.165) is 0 Å². The Labute approximate surface area is 173 Å². The Kier molecular flexibility index (Phi) is 7.79. The molecule has 1 aromatic rings. The second-order valence-electron chi connectivity index (χ2n) is 6.03. The van der Waals surface area contributed by atoms with Crippen LogP contribution in [0.4, 0.5) is 13.2 Å². The van der Waals surface area contributed by atoms with Gasteiger partial charge >= 0.3 is 35.3 Å². The molecule has 0 saturated carbocycles. The second kappa shape index (κ2) is 9.21. The molecular weight excluding hydrogens is 522 g/mol. The molecule has 0 aromatic carbocycles. The van der Waals surface area contributed by atoms with E-state index in [0.29, 0.717) is 4.57 Å². The number of aliphatic hydroxyl groups is 1. The summed E-state index contributed by atoms with van der Waals surface area (Å²) < 4.78 is 88.6. The lowest BCUT2D eigenvalue weighted by Crippen LogP contribution is -2.36. The Bertz CT molecular complexity index is 1110. The number of H-pyrrole nitrogens is 1. The minimum atomic E-state index is -5.80. The van der Waals surface area contributed by atoms with Crippen LogP contribution in [0.15, 0.2) is 15.8 Å². The van der Waals surface area contributed by atoms with Gasteiger partial charge in [-0.3, -0.25) is 18.9 Å². The van der Waals surface area contributed by atoms with E-state index < -0.39 is 77.9 Å². The molecule has 0 spiro atoms. The van der Waals surface area contributed by atoms with Gasteiger partial charge in [0.25, 0.3) is 5.56 Å². The molecule has 32 heavy (non-hydrogen) atoms. The van der Waals surface area contributed by atoms with Gasteiger partial charge in [-0.1, -0.05) is 0 Å². The van der Waals surface area contributed by atoms with Gasteiger partial charge in [-0.2, -0.15) is 21.8 Å². The van der Waals surface area contributed by atoms with E-state index in [-0.39, 0.29) is 6.20 Å². The molecule has 1 aliphatic heterocycles. The number of nitrogens with one attached hydrogen (secondary N) is 1. The number of ether oxygens (including phenoxy) is 1. The number of halogens is 3.